The van der Waals surface area contributed by atoms with Crippen molar-refractivity contribution >= 4 is 23.2 Å². The second-order valence-corrected chi connectivity index (χ2v) is 6.44. The number of hydrogen-bond donors (Lipinski definition) is 0. The van der Waals surface area contributed by atoms with E-state index in [1.165, 1.54) is 0 Å². The molecule has 154 valence electrons. The summed E-state index contributed by atoms with van der Waals surface area (Å²) in [6.07, 6.45) is 0. The van der Waals surface area contributed by atoms with E-state index in [4.69, 9.17) is 46.6 Å². The van der Waals surface area contributed by atoms with E-state index in [2.05, 4.69) is 10.2 Å². The largest absolute Gasteiger partial charge is 0.496 e. The van der Waals surface area contributed by atoms with Crippen molar-refractivity contribution in [2.75, 3.05) is 28.4 Å². The summed E-state index contributed by atoms with van der Waals surface area (Å²) in [5.74, 6) is 3.36. The Morgan fingerprint density at radius 3 is 1.34 bits per heavy atom. The fourth-order valence-electron chi connectivity index (χ4n) is 2.91. The molecule has 1 aromatic heterocycles. The summed E-state index contributed by atoms with van der Waals surface area (Å²) in [5.41, 5.74) is 2.75. The highest BCUT2D eigenvalue weighted by atomic mass is 35.5. The lowest BCUT2D eigenvalue weighted by molar-refractivity contribution is 0.398. The minimum Gasteiger partial charge on any atom is -0.496 e. The van der Waals surface area contributed by atoms with E-state index >= 15 is 0 Å². The second-order valence-electron chi connectivity index (χ2n) is 5.91. The summed E-state index contributed by atoms with van der Waals surface area (Å²) in [7, 11) is 6.24. The van der Waals surface area contributed by atoms with Crippen molar-refractivity contribution in [2.24, 2.45) is 0 Å². The number of hydrogen-bond acceptors (Lipinski definition) is 7. The molecule has 1 heterocycles. The van der Waals surface area contributed by atoms with E-state index in [1.807, 2.05) is 0 Å². The number of rotatable bonds is 8. The summed E-state index contributed by atoms with van der Waals surface area (Å²) >= 11 is 12.0. The Labute approximate surface area is 178 Å². The van der Waals surface area contributed by atoms with E-state index in [0.29, 0.717) is 34.1 Å². The van der Waals surface area contributed by atoms with Gasteiger partial charge in [0.25, 0.3) is 11.8 Å². The van der Waals surface area contributed by atoms with Crippen molar-refractivity contribution < 1.29 is 23.4 Å². The van der Waals surface area contributed by atoms with Crippen molar-refractivity contribution in [1.29, 1.82) is 0 Å². The average Bonchev–Trinajstić information content (AvgIpc) is 3.26. The van der Waals surface area contributed by atoms with Crippen LogP contribution < -0.4 is 18.9 Å². The summed E-state index contributed by atoms with van der Waals surface area (Å²) in [6.45, 7) is 0. The maximum Gasteiger partial charge on any atom is 0.252 e. The number of benzene rings is 2. The van der Waals surface area contributed by atoms with Crippen LogP contribution in [0.15, 0.2) is 28.7 Å². The first kappa shape index (κ1) is 21.1. The Morgan fingerprint density at radius 1 is 0.655 bits per heavy atom. The zero-order chi connectivity index (χ0) is 21.0. The minimum absolute atomic E-state index is 0.263. The first-order chi connectivity index (χ1) is 14.1. The van der Waals surface area contributed by atoms with Gasteiger partial charge < -0.3 is 23.4 Å². The monoisotopic (exact) mass is 438 g/mol. The Morgan fingerprint density at radius 2 is 1.03 bits per heavy atom. The van der Waals surface area contributed by atoms with Crippen LogP contribution in [0.4, 0.5) is 0 Å². The lowest BCUT2D eigenvalue weighted by atomic mass is 10.1. The molecule has 0 aliphatic heterocycles. The zero-order valence-corrected chi connectivity index (χ0v) is 17.9. The molecule has 29 heavy (non-hydrogen) atoms. The van der Waals surface area contributed by atoms with Crippen molar-refractivity contribution in [1.82, 2.24) is 10.2 Å². The van der Waals surface area contributed by atoms with Gasteiger partial charge in [-0.25, -0.2) is 0 Å². The molecule has 0 N–H and O–H groups in total. The molecule has 0 saturated heterocycles. The SMILES string of the molecule is COc1cc(-c2nnc(-c3cc(OC)c(CCl)cc3OC)o2)c(OC)cc1CCl. The molecule has 3 rings (SSSR count). The van der Waals surface area contributed by atoms with Gasteiger partial charge in [0.05, 0.1) is 51.3 Å². The predicted octanol–water partition coefficient (Wildman–Crippen LogP) is 4.92. The molecule has 0 atom stereocenters. The molecular formula is C20H20Cl2N2O5. The lowest BCUT2D eigenvalue weighted by Crippen LogP contribution is -1.95. The van der Waals surface area contributed by atoms with Crippen LogP contribution in [0, 0.1) is 0 Å². The fourth-order valence-corrected chi connectivity index (χ4v) is 3.32. The van der Waals surface area contributed by atoms with Crippen LogP contribution in [0.2, 0.25) is 0 Å². The maximum atomic E-state index is 5.99. The molecule has 0 amide bonds. The molecule has 0 saturated carbocycles. The van der Waals surface area contributed by atoms with Crippen molar-refractivity contribution in [3.63, 3.8) is 0 Å². The summed E-state index contributed by atoms with van der Waals surface area (Å²) in [5, 5.41) is 8.34. The van der Waals surface area contributed by atoms with Gasteiger partial charge in [0.15, 0.2) is 0 Å². The number of methoxy groups -OCH3 is 4. The molecular weight excluding hydrogens is 419 g/mol. The third-order valence-electron chi connectivity index (χ3n) is 4.38. The van der Waals surface area contributed by atoms with Gasteiger partial charge in [-0.3, -0.25) is 0 Å². The van der Waals surface area contributed by atoms with Crippen LogP contribution in [-0.4, -0.2) is 38.6 Å². The van der Waals surface area contributed by atoms with Gasteiger partial charge in [-0.15, -0.1) is 33.4 Å². The van der Waals surface area contributed by atoms with E-state index in [1.54, 1.807) is 52.7 Å². The third-order valence-corrected chi connectivity index (χ3v) is 4.95. The molecule has 0 aliphatic rings. The Bertz CT molecular complexity index is 929. The minimum atomic E-state index is 0.263. The van der Waals surface area contributed by atoms with Crippen LogP contribution >= 0.6 is 23.2 Å². The molecule has 9 heteroatoms. The lowest BCUT2D eigenvalue weighted by Gasteiger charge is -2.12. The van der Waals surface area contributed by atoms with Gasteiger partial charge >= 0.3 is 0 Å². The number of halogens is 2. The van der Waals surface area contributed by atoms with Gasteiger partial charge in [0.1, 0.15) is 23.0 Å². The zero-order valence-electron chi connectivity index (χ0n) is 16.4. The molecule has 0 bridgehead atoms. The van der Waals surface area contributed by atoms with E-state index in [0.717, 1.165) is 11.1 Å². The quantitative estimate of drug-likeness (QED) is 0.462. The predicted molar refractivity (Wildman–Crippen MR) is 110 cm³/mol. The summed E-state index contributed by atoms with van der Waals surface area (Å²) < 4.78 is 27.7. The normalized spacial score (nSPS) is 10.7. The van der Waals surface area contributed by atoms with Crippen molar-refractivity contribution in [3.8, 4) is 45.9 Å². The van der Waals surface area contributed by atoms with Gasteiger partial charge in [0, 0.05) is 11.1 Å². The Hall–Kier alpha value is -2.64. The molecule has 3 aromatic rings. The van der Waals surface area contributed by atoms with Gasteiger partial charge in [-0.1, -0.05) is 0 Å². The maximum absolute atomic E-state index is 5.99. The summed E-state index contributed by atoms with van der Waals surface area (Å²) in [6, 6.07) is 7.07. The summed E-state index contributed by atoms with van der Waals surface area (Å²) in [4.78, 5) is 0. The van der Waals surface area contributed by atoms with Crippen LogP contribution in [0.1, 0.15) is 11.1 Å². The Kier molecular flexibility index (Phi) is 6.71. The van der Waals surface area contributed by atoms with Gasteiger partial charge in [-0.2, -0.15) is 0 Å². The smallest absolute Gasteiger partial charge is 0.252 e. The highest BCUT2D eigenvalue weighted by molar-refractivity contribution is 6.17. The van der Waals surface area contributed by atoms with Gasteiger partial charge in [0.2, 0.25) is 0 Å². The van der Waals surface area contributed by atoms with Gasteiger partial charge in [-0.05, 0) is 24.3 Å². The second kappa shape index (κ2) is 9.24. The molecule has 0 aliphatic carbocycles. The standard InChI is InChI=1S/C20H20Cl2N2O5/c1-25-15-7-13(17(27-3)5-11(15)9-21)19-23-24-20(29-19)14-8-16(26-2)12(10-22)6-18(14)28-4/h5-8H,9-10H2,1-4H3. The molecule has 0 fully saturated rings. The fraction of sp³-hybridized carbons (Fsp3) is 0.300. The van der Waals surface area contributed by atoms with Crippen molar-refractivity contribution in [3.05, 3.63) is 35.4 Å². The van der Waals surface area contributed by atoms with Crippen LogP contribution in [0.25, 0.3) is 22.9 Å². The van der Waals surface area contributed by atoms with E-state index in [-0.39, 0.29) is 23.5 Å². The van der Waals surface area contributed by atoms with Crippen LogP contribution in [0.5, 0.6) is 23.0 Å². The Balaban J connectivity index is 2.11. The molecule has 2 aromatic carbocycles. The molecule has 0 unspecified atom stereocenters. The topological polar surface area (TPSA) is 75.8 Å². The van der Waals surface area contributed by atoms with E-state index in [9.17, 15) is 0 Å². The highest BCUT2D eigenvalue weighted by Crippen LogP contribution is 2.40. The number of alkyl halides is 2. The highest BCUT2D eigenvalue weighted by Gasteiger charge is 2.21. The van der Waals surface area contributed by atoms with E-state index < -0.39 is 0 Å². The number of nitrogens with zero attached hydrogens (tertiary/aromatic N) is 2. The first-order valence-electron chi connectivity index (χ1n) is 8.56. The molecule has 7 nitrogen and oxygen atoms in total. The van der Waals surface area contributed by atoms with Crippen LogP contribution in [0.3, 0.4) is 0 Å². The third kappa shape index (κ3) is 4.06. The molecule has 0 spiro atoms. The molecule has 0 radical (unpaired) electrons. The van der Waals surface area contributed by atoms with Crippen molar-refractivity contribution in [2.45, 2.75) is 11.8 Å². The number of ether oxygens (including phenoxy) is 4. The average molecular weight is 439 g/mol. The number of aromatic nitrogens is 2. The first-order valence-corrected chi connectivity index (χ1v) is 9.63. The van der Waals surface area contributed by atoms with Crippen LogP contribution in [-0.2, 0) is 11.8 Å².